The van der Waals surface area contributed by atoms with E-state index < -0.39 is 11.7 Å². The zero-order valence-corrected chi connectivity index (χ0v) is 18.9. The van der Waals surface area contributed by atoms with Gasteiger partial charge in [-0.2, -0.15) is 13.2 Å². The second-order valence-corrected chi connectivity index (χ2v) is 8.51. The van der Waals surface area contributed by atoms with Crippen LogP contribution >= 0.6 is 0 Å². The van der Waals surface area contributed by atoms with Gasteiger partial charge in [-0.3, -0.25) is 4.79 Å². The standard InChI is InChI=1S/C24H25F3N6O/c1-15-8-11-33(18(12-15)14-31-20-7-5-17(13-30-20)24(25,26)27)23(34)21-19(6-4-16(2)32-21)22-28-9-3-10-29-22/h3-7,9-10,13,15,18H,8,11-12,14H2,1-2H3,(H,30,31)/t15-,18+/m1/s1. The smallest absolute Gasteiger partial charge is 0.368 e. The fraction of sp³-hybridized carbons (Fsp3) is 0.375. The number of aromatic nitrogens is 4. The van der Waals surface area contributed by atoms with E-state index in [1.165, 1.54) is 6.07 Å². The Morgan fingerprint density at radius 2 is 1.91 bits per heavy atom. The Balaban J connectivity index is 1.56. The van der Waals surface area contributed by atoms with Gasteiger partial charge in [-0.15, -0.1) is 0 Å². The average Bonchev–Trinajstić information content (AvgIpc) is 2.82. The van der Waals surface area contributed by atoms with E-state index in [4.69, 9.17) is 0 Å². The fourth-order valence-corrected chi connectivity index (χ4v) is 4.08. The van der Waals surface area contributed by atoms with Crippen molar-refractivity contribution in [2.24, 2.45) is 5.92 Å². The number of likely N-dealkylation sites (tertiary alicyclic amines) is 1. The molecule has 178 valence electrons. The third-order valence-corrected chi connectivity index (χ3v) is 5.89. The van der Waals surface area contributed by atoms with E-state index in [0.717, 1.165) is 25.1 Å². The van der Waals surface area contributed by atoms with Crippen LogP contribution in [0.2, 0.25) is 0 Å². The monoisotopic (exact) mass is 470 g/mol. The Kier molecular flexibility index (Phi) is 6.76. The maximum atomic E-state index is 13.7. The molecule has 0 spiro atoms. The number of alkyl halides is 3. The number of nitrogens with zero attached hydrogens (tertiary/aromatic N) is 5. The molecule has 1 saturated heterocycles. The minimum absolute atomic E-state index is 0.174. The summed E-state index contributed by atoms with van der Waals surface area (Å²) >= 11 is 0. The normalized spacial score (nSPS) is 18.6. The Bertz CT molecular complexity index is 1140. The van der Waals surface area contributed by atoms with Crippen LogP contribution in [0.5, 0.6) is 0 Å². The predicted octanol–water partition coefficient (Wildman–Crippen LogP) is 4.61. The molecule has 3 aromatic rings. The van der Waals surface area contributed by atoms with Crippen molar-refractivity contribution in [1.29, 1.82) is 0 Å². The zero-order chi connectivity index (χ0) is 24.3. The molecule has 1 aliphatic heterocycles. The number of anilines is 1. The van der Waals surface area contributed by atoms with Crippen LogP contribution in [-0.4, -0.2) is 49.9 Å². The van der Waals surface area contributed by atoms with Gasteiger partial charge in [0.25, 0.3) is 5.91 Å². The third kappa shape index (κ3) is 5.32. The highest BCUT2D eigenvalue weighted by atomic mass is 19.4. The highest BCUT2D eigenvalue weighted by molar-refractivity contribution is 5.98. The molecule has 0 unspecified atom stereocenters. The molecular weight excluding hydrogens is 445 g/mol. The van der Waals surface area contributed by atoms with Crippen LogP contribution < -0.4 is 5.32 Å². The van der Waals surface area contributed by atoms with E-state index in [-0.39, 0.29) is 11.9 Å². The summed E-state index contributed by atoms with van der Waals surface area (Å²) in [5.41, 5.74) is 0.753. The number of amides is 1. The Morgan fingerprint density at radius 1 is 1.15 bits per heavy atom. The van der Waals surface area contributed by atoms with Gasteiger partial charge in [0.1, 0.15) is 11.5 Å². The van der Waals surface area contributed by atoms with Crippen LogP contribution in [0.1, 0.15) is 41.5 Å². The van der Waals surface area contributed by atoms with Crippen molar-refractivity contribution in [3.63, 3.8) is 0 Å². The van der Waals surface area contributed by atoms with E-state index in [9.17, 15) is 18.0 Å². The number of pyridine rings is 2. The van der Waals surface area contributed by atoms with Gasteiger partial charge in [-0.05, 0) is 56.0 Å². The number of rotatable bonds is 5. The third-order valence-electron chi connectivity index (χ3n) is 5.89. The van der Waals surface area contributed by atoms with Gasteiger partial charge in [-0.25, -0.2) is 19.9 Å². The maximum Gasteiger partial charge on any atom is 0.417 e. The Labute approximate surface area is 195 Å². The summed E-state index contributed by atoms with van der Waals surface area (Å²) in [6, 6.07) is 7.44. The zero-order valence-electron chi connectivity index (χ0n) is 18.9. The summed E-state index contributed by atoms with van der Waals surface area (Å²) in [5.74, 6) is 0.932. The van der Waals surface area contributed by atoms with Crippen molar-refractivity contribution in [3.8, 4) is 11.4 Å². The lowest BCUT2D eigenvalue weighted by atomic mass is 9.91. The van der Waals surface area contributed by atoms with Gasteiger partial charge < -0.3 is 10.2 Å². The molecule has 4 rings (SSSR count). The largest absolute Gasteiger partial charge is 0.417 e. The van der Waals surface area contributed by atoms with Crippen LogP contribution in [0, 0.1) is 12.8 Å². The number of hydrogen-bond acceptors (Lipinski definition) is 6. The van der Waals surface area contributed by atoms with Crippen LogP contribution in [0.3, 0.4) is 0 Å². The van der Waals surface area contributed by atoms with Crippen LogP contribution in [0.4, 0.5) is 19.0 Å². The molecule has 0 aromatic carbocycles. The first kappa shape index (κ1) is 23.6. The van der Waals surface area contributed by atoms with Crippen molar-refractivity contribution < 1.29 is 18.0 Å². The van der Waals surface area contributed by atoms with Crippen molar-refractivity contribution in [1.82, 2.24) is 24.8 Å². The Morgan fingerprint density at radius 3 is 2.59 bits per heavy atom. The molecule has 1 N–H and O–H groups in total. The first-order chi connectivity index (χ1) is 16.2. The molecule has 3 aromatic heterocycles. The van der Waals surface area contributed by atoms with Gasteiger partial charge in [0.2, 0.25) is 0 Å². The van der Waals surface area contributed by atoms with Gasteiger partial charge in [-0.1, -0.05) is 6.92 Å². The number of aryl methyl sites for hydroxylation is 1. The second kappa shape index (κ2) is 9.74. The second-order valence-electron chi connectivity index (χ2n) is 8.51. The van der Waals surface area contributed by atoms with Crippen molar-refractivity contribution in [3.05, 3.63) is 65.9 Å². The van der Waals surface area contributed by atoms with Crippen LogP contribution in [0.15, 0.2) is 48.9 Å². The average molecular weight is 470 g/mol. The van der Waals surface area contributed by atoms with E-state index in [1.54, 1.807) is 29.4 Å². The van der Waals surface area contributed by atoms with Gasteiger partial charge in [0.15, 0.2) is 5.82 Å². The van der Waals surface area contributed by atoms with E-state index >= 15 is 0 Å². The highest BCUT2D eigenvalue weighted by Crippen LogP contribution is 2.30. The molecule has 34 heavy (non-hydrogen) atoms. The summed E-state index contributed by atoms with van der Waals surface area (Å²) < 4.78 is 38.4. The number of carbonyl (C=O) groups is 1. The lowest BCUT2D eigenvalue weighted by molar-refractivity contribution is -0.137. The van der Waals surface area contributed by atoms with E-state index in [1.807, 2.05) is 13.0 Å². The summed E-state index contributed by atoms with van der Waals surface area (Å²) in [7, 11) is 0. The number of hydrogen-bond donors (Lipinski definition) is 1. The summed E-state index contributed by atoms with van der Waals surface area (Å²) in [4.78, 5) is 32.4. The molecule has 2 atom stereocenters. The van der Waals surface area contributed by atoms with Gasteiger partial charge in [0.05, 0.1) is 11.1 Å². The molecule has 1 amide bonds. The fourth-order valence-electron chi connectivity index (χ4n) is 4.08. The lowest BCUT2D eigenvalue weighted by Crippen LogP contribution is -2.49. The topological polar surface area (TPSA) is 83.9 Å². The molecule has 7 nitrogen and oxygen atoms in total. The molecule has 0 aliphatic carbocycles. The van der Waals surface area contributed by atoms with Crippen molar-refractivity contribution in [2.75, 3.05) is 18.4 Å². The Hall–Kier alpha value is -3.56. The van der Waals surface area contributed by atoms with E-state index in [2.05, 4.69) is 32.2 Å². The summed E-state index contributed by atoms with van der Waals surface area (Å²) in [5, 5.41) is 3.09. The molecule has 4 heterocycles. The molecule has 0 bridgehead atoms. The molecule has 1 aliphatic rings. The quantitative estimate of drug-likeness (QED) is 0.586. The number of carbonyl (C=O) groups excluding carboxylic acids is 1. The number of piperidine rings is 1. The van der Waals surface area contributed by atoms with E-state index in [0.29, 0.717) is 47.6 Å². The minimum Gasteiger partial charge on any atom is -0.368 e. The van der Waals surface area contributed by atoms with Crippen molar-refractivity contribution >= 4 is 11.7 Å². The summed E-state index contributed by atoms with van der Waals surface area (Å²) in [6.45, 7) is 4.86. The first-order valence-electron chi connectivity index (χ1n) is 11.1. The minimum atomic E-state index is -4.44. The first-order valence-corrected chi connectivity index (χ1v) is 11.1. The van der Waals surface area contributed by atoms with Crippen LogP contribution in [0.25, 0.3) is 11.4 Å². The highest BCUT2D eigenvalue weighted by Gasteiger charge is 2.33. The van der Waals surface area contributed by atoms with Crippen LogP contribution in [-0.2, 0) is 6.18 Å². The molecule has 0 radical (unpaired) electrons. The number of nitrogens with one attached hydrogen (secondary N) is 1. The molecule has 1 fully saturated rings. The lowest BCUT2D eigenvalue weighted by Gasteiger charge is -2.38. The van der Waals surface area contributed by atoms with Gasteiger partial charge >= 0.3 is 6.18 Å². The number of halogens is 3. The maximum absolute atomic E-state index is 13.7. The predicted molar refractivity (Wildman–Crippen MR) is 121 cm³/mol. The van der Waals surface area contributed by atoms with Crippen molar-refractivity contribution in [2.45, 2.75) is 38.9 Å². The van der Waals surface area contributed by atoms with Gasteiger partial charge in [0, 0.05) is 43.4 Å². The molecule has 10 heteroatoms. The molecular formula is C24H25F3N6O. The SMILES string of the molecule is Cc1ccc(-c2ncccn2)c(C(=O)N2CC[C@@H](C)C[C@H]2CNc2ccc(C(F)(F)F)cn2)n1. The molecule has 0 saturated carbocycles. The summed E-state index contributed by atoms with van der Waals surface area (Å²) in [6.07, 6.45) is 1.20.